The molecule has 1 aliphatic rings. The largest absolute Gasteiger partial charge is 0.481 e. The first-order valence-electron chi connectivity index (χ1n) is 6.65. The van der Waals surface area contributed by atoms with Crippen LogP contribution in [0.5, 0.6) is 0 Å². The molecule has 1 saturated carbocycles. The van der Waals surface area contributed by atoms with Crippen molar-refractivity contribution < 1.29 is 23.4 Å². The Morgan fingerprint density at radius 2 is 1.76 bits per heavy atom. The maximum Gasteiger partial charge on any atom is 0.306 e. The summed E-state index contributed by atoms with van der Waals surface area (Å²) in [7, 11) is -3.59. The first-order chi connectivity index (χ1) is 9.72. The first kappa shape index (κ1) is 16.5. The minimum absolute atomic E-state index is 0.166. The summed E-state index contributed by atoms with van der Waals surface area (Å²) in [6.45, 7) is 0. The molecule has 5 nitrogen and oxygen atoms in total. The van der Waals surface area contributed by atoms with Crippen molar-refractivity contribution in [3.05, 3.63) is 28.7 Å². The number of hydrogen-bond donors (Lipinski definition) is 2. The lowest BCUT2D eigenvalue weighted by Gasteiger charge is -2.34. The molecule has 1 aliphatic carbocycles. The van der Waals surface area contributed by atoms with E-state index in [1.54, 1.807) is 12.1 Å². The van der Waals surface area contributed by atoms with Crippen LogP contribution in [-0.2, 0) is 14.6 Å². The second kappa shape index (κ2) is 6.06. The second-order valence-electron chi connectivity index (χ2n) is 5.55. The predicted molar refractivity (Wildman–Crippen MR) is 80.7 cm³/mol. The predicted octanol–water partition coefficient (Wildman–Crippen LogP) is 2.23. The third-order valence-corrected chi connectivity index (χ3v) is 6.33. The van der Waals surface area contributed by atoms with Gasteiger partial charge in [0.1, 0.15) is 0 Å². The van der Waals surface area contributed by atoms with Gasteiger partial charge in [0.15, 0.2) is 9.84 Å². The maximum atomic E-state index is 12.3. The Morgan fingerprint density at radius 3 is 2.24 bits per heavy atom. The summed E-state index contributed by atoms with van der Waals surface area (Å²) in [5.41, 5.74) is -1.34. The molecule has 0 aromatic heterocycles. The Kier molecular flexibility index (Phi) is 4.75. The number of carbonyl (C=O) groups is 1. The summed E-state index contributed by atoms with van der Waals surface area (Å²) in [4.78, 5) is 11.1. The van der Waals surface area contributed by atoms with Crippen molar-refractivity contribution >= 4 is 31.7 Å². The van der Waals surface area contributed by atoms with Crippen LogP contribution < -0.4 is 0 Å². The number of carboxylic acids is 1. The van der Waals surface area contributed by atoms with Crippen molar-refractivity contribution in [3.63, 3.8) is 0 Å². The van der Waals surface area contributed by atoms with Crippen molar-refractivity contribution in [1.82, 2.24) is 0 Å². The van der Waals surface area contributed by atoms with E-state index in [0.717, 1.165) is 4.47 Å². The monoisotopic (exact) mass is 376 g/mol. The Bertz CT molecular complexity index is 615. The number of aliphatic hydroxyl groups is 1. The molecule has 0 spiro atoms. The van der Waals surface area contributed by atoms with Crippen LogP contribution in [0.3, 0.4) is 0 Å². The van der Waals surface area contributed by atoms with Crippen LogP contribution in [0.4, 0.5) is 0 Å². The zero-order chi connectivity index (χ0) is 15.7. The minimum Gasteiger partial charge on any atom is -0.481 e. The lowest BCUT2D eigenvalue weighted by Crippen LogP contribution is -2.42. The summed E-state index contributed by atoms with van der Waals surface area (Å²) < 4.78 is 25.5. The first-order valence-corrected chi connectivity index (χ1v) is 9.10. The number of aliphatic carboxylic acids is 1. The number of benzene rings is 1. The number of rotatable bonds is 4. The highest BCUT2D eigenvalue weighted by Crippen LogP contribution is 2.34. The lowest BCUT2D eigenvalue weighted by molar-refractivity contribution is -0.144. The highest BCUT2D eigenvalue weighted by atomic mass is 79.9. The van der Waals surface area contributed by atoms with Crippen LogP contribution in [0.25, 0.3) is 0 Å². The second-order valence-corrected chi connectivity index (χ2v) is 8.46. The molecule has 1 fully saturated rings. The molecule has 1 aromatic carbocycles. The van der Waals surface area contributed by atoms with Crippen LogP contribution in [0, 0.1) is 5.92 Å². The van der Waals surface area contributed by atoms with E-state index in [-0.39, 0.29) is 23.5 Å². The molecule has 0 bridgehead atoms. The van der Waals surface area contributed by atoms with Gasteiger partial charge in [-0.2, -0.15) is 0 Å². The quantitative estimate of drug-likeness (QED) is 0.840. The topological polar surface area (TPSA) is 91.7 Å². The van der Waals surface area contributed by atoms with E-state index in [1.807, 2.05) is 0 Å². The molecule has 2 rings (SSSR count). The minimum atomic E-state index is -3.59. The van der Waals surface area contributed by atoms with Crippen LogP contribution in [0.1, 0.15) is 25.7 Å². The van der Waals surface area contributed by atoms with Gasteiger partial charge >= 0.3 is 5.97 Å². The molecular weight excluding hydrogens is 360 g/mol. The molecule has 116 valence electrons. The summed E-state index contributed by atoms with van der Waals surface area (Å²) >= 11 is 3.24. The van der Waals surface area contributed by atoms with E-state index in [9.17, 15) is 18.3 Å². The van der Waals surface area contributed by atoms with Crippen molar-refractivity contribution in [2.24, 2.45) is 5.92 Å². The molecule has 0 saturated heterocycles. The normalized spacial score (nSPS) is 26.5. The number of sulfone groups is 1. The lowest BCUT2D eigenvalue weighted by atomic mass is 9.80. The maximum absolute atomic E-state index is 12.3. The fourth-order valence-electron chi connectivity index (χ4n) is 2.63. The molecule has 0 amide bonds. The van der Waals surface area contributed by atoms with E-state index < -0.39 is 27.3 Å². The number of halogens is 1. The number of hydrogen-bond acceptors (Lipinski definition) is 4. The zero-order valence-corrected chi connectivity index (χ0v) is 13.7. The molecule has 21 heavy (non-hydrogen) atoms. The molecule has 7 heteroatoms. The van der Waals surface area contributed by atoms with E-state index in [4.69, 9.17) is 5.11 Å². The van der Waals surface area contributed by atoms with Crippen LogP contribution in [0.2, 0.25) is 0 Å². The highest BCUT2D eigenvalue weighted by molar-refractivity contribution is 9.10. The van der Waals surface area contributed by atoms with Crippen molar-refractivity contribution in [2.75, 3.05) is 5.75 Å². The Labute approximate surface area is 132 Å². The highest BCUT2D eigenvalue weighted by Gasteiger charge is 2.39. The van der Waals surface area contributed by atoms with Crippen LogP contribution in [0.15, 0.2) is 33.6 Å². The molecule has 0 atom stereocenters. The molecule has 1 aromatic rings. The third kappa shape index (κ3) is 4.05. The van der Waals surface area contributed by atoms with E-state index in [1.165, 1.54) is 12.1 Å². The average molecular weight is 377 g/mol. The molecule has 0 aliphatic heterocycles. The van der Waals surface area contributed by atoms with Gasteiger partial charge in [-0.05, 0) is 49.9 Å². The number of carboxylic acid groups (broad SMARTS) is 1. The van der Waals surface area contributed by atoms with Gasteiger partial charge in [-0.1, -0.05) is 15.9 Å². The summed E-state index contributed by atoms with van der Waals surface area (Å²) in [6.07, 6.45) is 1.00. The van der Waals surface area contributed by atoms with Crippen LogP contribution in [-0.4, -0.2) is 36.0 Å². The average Bonchev–Trinajstić information content (AvgIpc) is 2.38. The van der Waals surface area contributed by atoms with Gasteiger partial charge in [0.25, 0.3) is 0 Å². The molecule has 0 radical (unpaired) electrons. The summed E-state index contributed by atoms with van der Waals surface area (Å²) in [6, 6.07) is 6.26. The van der Waals surface area contributed by atoms with Crippen molar-refractivity contribution in [1.29, 1.82) is 0 Å². The summed E-state index contributed by atoms with van der Waals surface area (Å²) in [5, 5.41) is 19.4. The standard InChI is InChI=1S/C14H17BrO5S/c15-11-1-3-12(4-2-11)21(19,20)9-14(18)7-5-10(6-8-14)13(16)17/h1-4,10,18H,5-9H2,(H,16,17). The van der Waals surface area contributed by atoms with Gasteiger partial charge in [0.2, 0.25) is 0 Å². The van der Waals surface area contributed by atoms with Gasteiger partial charge in [-0.25, -0.2) is 8.42 Å². The molecule has 0 heterocycles. The van der Waals surface area contributed by atoms with Crippen molar-refractivity contribution in [3.8, 4) is 0 Å². The van der Waals surface area contributed by atoms with Gasteiger partial charge in [-0.15, -0.1) is 0 Å². The van der Waals surface area contributed by atoms with E-state index >= 15 is 0 Å². The Hall–Kier alpha value is -0.920. The van der Waals surface area contributed by atoms with Gasteiger partial charge in [-0.3, -0.25) is 4.79 Å². The molecule has 0 unspecified atom stereocenters. The Morgan fingerprint density at radius 1 is 1.24 bits per heavy atom. The van der Waals surface area contributed by atoms with Gasteiger partial charge in [0, 0.05) is 4.47 Å². The van der Waals surface area contributed by atoms with E-state index in [2.05, 4.69) is 15.9 Å². The fourth-order valence-corrected chi connectivity index (χ4v) is 4.60. The smallest absolute Gasteiger partial charge is 0.306 e. The fraction of sp³-hybridized carbons (Fsp3) is 0.500. The van der Waals surface area contributed by atoms with Gasteiger partial charge < -0.3 is 10.2 Å². The van der Waals surface area contributed by atoms with E-state index in [0.29, 0.717) is 12.8 Å². The van der Waals surface area contributed by atoms with Gasteiger partial charge in [0.05, 0.1) is 22.2 Å². The SMILES string of the molecule is O=C(O)C1CCC(O)(CS(=O)(=O)c2ccc(Br)cc2)CC1. The molecular formula is C14H17BrO5S. The molecule has 2 N–H and O–H groups in total. The Balaban J connectivity index is 2.10. The summed E-state index contributed by atoms with van der Waals surface area (Å²) in [5.74, 6) is -1.73. The zero-order valence-electron chi connectivity index (χ0n) is 11.3. The third-order valence-electron chi connectivity index (χ3n) is 3.90. The van der Waals surface area contributed by atoms with Crippen molar-refractivity contribution in [2.45, 2.75) is 36.2 Å². The van der Waals surface area contributed by atoms with Crippen LogP contribution >= 0.6 is 15.9 Å².